The molecule has 0 radical (unpaired) electrons. The van der Waals surface area contributed by atoms with E-state index in [-0.39, 0.29) is 12.3 Å². The van der Waals surface area contributed by atoms with Crippen LogP contribution in [0.25, 0.3) is 0 Å². The van der Waals surface area contributed by atoms with Crippen molar-refractivity contribution in [3.05, 3.63) is 104 Å². The number of rotatable bonds is 4. The molecule has 1 amide bonds. The first-order valence-corrected chi connectivity index (χ1v) is 10.3. The first kappa shape index (κ1) is 20.2. The fraction of sp³-hybridized carbons (Fsp3) is 0.0909. The van der Waals surface area contributed by atoms with Crippen LogP contribution < -0.4 is 5.32 Å². The van der Waals surface area contributed by atoms with Crippen LogP contribution in [0, 0.1) is 0 Å². The number of hydrogen-bond donors (Lipinski definition) is 1. The summed E-state index contributed by atoms with van der Waals surface area (Å²) in [6.45, 7) is 0. The number of carbonyl (C=O) groups excluding carboxylic acids is 1. The van der Waals surface area contributed by atoms with E-state index in [2.05, 4.69) is 5.32 Å². The van der Waals surface area contributed by atoms with Crippen LogP contribution in [0.15, 0.2) is 71.7 Å². The molecule has 0 spiro atoms. The minimum atomic E-state index is -1.26. The van der Waals surface area contributed by atoms with Gasteiger partial charge in [-0.2, -0.15) is 0 Å². The summed E-state index contributed by atoms with van der Waals surface area (Å²) >= 11 is 25.0. The van der Waals surface area contributed by atoms with Gasteiger partial charge in [-0.15, -0.1) is 0 Å². The number of benzene rings is 3. The molecule has 1 heterocycles. The number of halogens is 4. The van der Waals surface area contributed by atoms with E-state index >= 15 is 0 Å². The van der Waals surface area contributed by atoms with Crippen LogP contribution in [0.5, 0.6) is 0 Å². The summed E-state index contributed by atoms with van der Waals surface area (Å²) in [6, 6.07) is 19.4. The third-order valence-electron chi connectivity index (χ3n) is 4.82. The van der Waals surface area contributed by atoms with E-state index in [4.69, 9.17) is 51.4 Å². The second-order valence-electron chi connectivity index (χ2n) is 6.67. The summed E-state index contributed by atoms with van der Waals surface area (Å²) in [6.07, 6.45) is 0.189. The highest BCUT2D eigenvalue weighted by atomic mass is 35.5. The number of nitrogens with zero attached hydrogens (tertiary/aromatic N) is 1. The van der Waals surface area contributed by atoms with Gasteiger partial charge in [-0.3, -0.25) is 4.79 Å². The Hall–Kier alpha value is -2.04. The Bertz CT molecular complexity index is 1110. The number of amidine groups is 1. The van der Waals surface area contributed by atoms with Crippen molar-refractivity contribution in [2.75, 3.05) is 0 Å². The number of aliphatic imine (C=N–C) groups is 1. The van der Waals surface area contributed by atoms with Gasteiger partial charge < -0.3 is 5.32 Å². The molecular formula is C22H14Cl4N2O. The predicted octanol–water partition coefficient (Wildman–Crippen LogP) is 6.31. The molecule has 1 unspecified atom stereocenters. The van der Waals surface area contributed by atoms with Gasteiger partial charge in [0.1, 0.15) is 5.84 Å². The zero-order chi connectivity index (χ0) is 20.6. The van der Waals surface area contributed by atoms with Crippen LogP contribution in [-0.2, 0) is 16.8 Å². The van der Waals surface area contributed by atoms with Crippen LogP contribution in [0.1, 0.15) is 16.7 Å². The monoisotopic (exact) mass is 462 g/mol. The molecule has 3 aromatic carbocycles. The molecule has 7 heteroatoms. The lowest BCUT2D eigenvalue weighted by Gasteiger charge is -2.25. The minimum Gasteiger partial charge on any atom is -0.308 e. The van der Waals surface area contributed by atoms with Crippen molar-refractivity contribution >= 4 is 58.1 Å². The van der Waals surface area contributed by atoms with Crippen molar-refractivity contribution in [3.8, 4) is 0 Å². The maximum absolute atomic E-state index is 13.3. The van der Waals surface area contributed by atoms with E-state index in [0.29, 0.717) is 37.1 Å². The molecule has 29 heavy (non-hydrogen) atoms. The lowest BCUT2D eigenvalue weighted by molar-refractivity contribution is -0.124. The van der Waals surface area contributed by atoms with Gasteiger partial charge in [0.2, 0.25) is 0 Å². The standard InChI is InChI=1S/C22H14Cl4N2O/c23-15-9-7-13(8-10-15)20-27-21(29)22(28-20,14-3-1-4-16(24)11-14)12-17-18(25)5-2-6-19(17)26/h1-11H,12H2,(H,27,28,29). The molecule has 0 aliphatic carbocycles. The molecule has 0 fully saturated rings. The molecule has 0 bridgehead atoms. The first-order chi connectivity index (χ1) is 13.9. The minimum absolute atomic E-state index is 0.189. The summed E-state index contributed by atoms with van der Waals surface area (Å²) in [5, 5.41) is 4.95. The van der Waals surface area contributed by atoms with E-state index in [0.717, 1.165) is 5.56 Å². The van der Waals surface area contributed by atoms with Crippen molar-refractivity contribution in [1.29, 1.82) is 0 Å². The number of carbonyl (C=O) groups is 1. The molecule has 1 aliphatic heterocycles. The van der Waals surface area contributed by atoms with Gasteiger partial charge in [-0.25, -0.2) is 4.99 Å². The molecule has 0 aromatic heterocycles. The molecule has 146 valence electrons. The lowest BCUT2D eigenvalue weighted by Crippen LogP contribution is -2.39. The van der Waals surface area contributed by atoms with Crippen molar-refractivity contribution in [3.63, 3.8) is 0 Å². The van der Waals surface area contributed by atoms with Gasteiger partial charge in [-0.1, -0.05) is 64.6 Å². The Balaban J connectivity index is 1.89. The second-order valence-corrected chi connectivity index (χ2v) is 8.36. The van der Waals surface area contributed by atoms with Gasteiger partial charge in [0, 0.05) is 32.1 Å². The molecule has 0 saturated carbocycles. The molecule has 3 nitrogen and oxygen atoms in total. The Morgan fingerprint density at radius 3 is 2.14 bits per heavy atom. The Labute approximate surface area is 188 Å². The molecule has 0 saturated heterocycles. The van der Waals surface area contributed by atoms with Gasteiger partial charge in [0.05, 0.1) is 0 Å². The Morgan fingerprint density at radius 2 is 1.48 bits per heavy atom. The lowest BCUT2D eigenvalue weighted by atomic mass is 9.84. The highest BCUT2D eigenvalue weighted by Crippen LogP contribution is 2.39. The predicted molar refractivity (Wildman–Crippen MR) is 119 cm³/mol. The van der Waals surface area contributed by atoms with Crippen molar-refractivity contribution in [1.82, 2.24) is 5.32 Å². The van der Waals surface area contributed by atoms with Gasteiger partial charge in [-0.05, 0) is 59.7 Å². The largest absolute Gasteiger partial charge is 0.308 e. The summed E-state index contributed by atoms with van der Waals surface area (Å²) in [5.74, 6) is 0.176. The van der Waals surface area contributed by atoms with Gasteiger partial charge in [0.25, 0.3) is 5.91 Å². The average Bonchev–Trinajstić information content (AvgIpc) is 3.03. The van der Waals surface area contributed by atoms with Crippen LogP contribution in [0.2, 0.25) is 20.1 Å². The Morgan fingerprint density at radius 1 is 0.828 bits per heavy atom. The van der Waals surface area contributed by atoms with Crippen molar-refractivity contribution in [2.45, 2.75) is 12.0 Å². The quantitative estimate of drug-likeness (QED) is 0.483. The van der Waals surface area contributed by atoms with E-state index < -0.39 is 5.54 Å². The van der Waals surface area contributed by atoms with E-state index in [1.165, 1.54) is 0 Å². The summed E-state index contributed by atoms with van der Waals surface area (Å²) < 4.78 is 0. The summed E-state index contributed by atoms with van der Waals surface area (Å²) in [5.41, 5.74) is 0.792. The molecule has 1 N–H and O–H groups in total. The molecule has 1 atom stereocenters. The molecule has 3 aromatic rings. The summed E-state index contributed by atoms with van der Waals surface area (Å²) in [4.78, 5) is 18.1. The first-order valence-electron chi connectivity index (χ1n) is 8.75. The number of nitrogens with one attached hydrogen (secondary N) is 1. The van der Waals surface area contributed by atoms with Gasteiger partial charge in [0.15, 0.2) is 5.54 Å². The number of amides is 1. The normalized spacial score (nSPS) is 18.5. The second kappa shape index (κ2) is 8.00. The van der Waals surface area contributed by atoms with E-state index in [1.807, 2.05) is 6.07 Å². The number of hydrogen-bond acceptors (Lipinski definition) is 2. The molecule has 1 aliphatic rings. The maximum atomic E-state index is 13.3. The van der Waals surface area contributed by atoms with Crippen LogP contribution in [0.3, 0.4) is 0 Å². The topological polar surface area (TPSA) is 41.5 Å². The van der Waals surface area contributed by atoms with E-state index in [1.54, 1.807) is 60.7 Å². The average molecular weight is 464 g/mol. The maximum Gasteiger partial charge on any atom is 0.258 e. The molecular weight excluding hydrogens is 450 g/mol. The summed E-state index contributed by atoms with van der Waals surface area (Å²) in [7, 11) is 0. The zero-order valence-electron chi connectivity index (χ0n) is 14.9. The van der Waals surface area contributed by atoms with E-state index in [9.17, 15) is 4.79 Å². The van der Waals surface area contributed by atoms with Gasteiger partial charge >= 0.3 is 0 Å². The fourth-order valence-electron chi connectivity index (χ4n) is 3.35. The highest BCUT2D eigenvalue weighted by molar-refractivity contribution is 6.36. The van der Waals surface area contributed by atoms with Crippen molar-refractivity contribution in [2.24, 2.45) is 4.99 Å². The Kier molecular flexibility index (Phi) is 5.58. The smallest absolute Gasteiger partial charge is 0.258 e. The third kappa shape index (κ3) is 3.88. The highest BCUT2D eigenvalue weighted by Gasteiger charge is 2.46. The van der Waals surface area contributed by atoms with Crippen LogP contribution >= 0.6 is 46.4 Å². The zero-order valence-corrected chi connectivity index (χ0v) is 17.9. The van der Waals surface area contributed by atoms with Crippen LogP contribution in [-0.4, -0.2) is 11.7 Å². The fourth-order valence-corrected chi connectivity index (χ4v) is 4.19. The van der Waals surface area contributed by atoms with Crippen molar-refractivity contribution < 1.29 is 4.79 Å². The molecule has 4 rings (SSSR count). The SMILES string of the molecule is O=C1NC(c2ccc(Cl)cc2)=NC1(Cc1c(Cl)cccc1Cl)c1cccc(Cl)c1. The van der Waals surface area contributed by atoms with Crippen LogP contribution in [0.4, 0.5) is 0 Å². The third-order valence-corrected chi connectivity index (χ3v) is 6.02.